The van der Waals surface area contributed by atoms with Crippen molar-refractivity contribution >= 4 is 93.9 Å². The Bertz CT molecular complexity index is 2300. The van der Waals surface area contributed by atoms with Gasteiger partial charge in [-0.25, -0.2) is 18.3 Å². The van der Waals surface area contributed by atoms with Crippen molar-refractivity contribution in [2.24, 2.45) is 5.41 Å². The summed E-state index contributed by atoms with van der Waals surface area (Å²) in [6.45, 7) is -12.9. The van der Waals surface area contributed by atoms with Crippen molar-refractivity contribution in [3.63, 3.8) is 0 Å². The first-order chi connectivity index (χ1) is 48.3. The van der Waals surface area contributed by atoms with Crippen molar-refractivity contribution < 1.29 is 162 Å². The van der Waals surface area contributed by atoms with E-state index in [1.54, 1.807) is 0 Å². The van der Waals surface area contributed by atoms with Crippen LogP contribution in [0.4, 0.5) is 0 Å². The van der Waals surface area contributed by atoms with Gasteiger partial charge in [0.1, 0.15) is 73.1 Å². The molecule has 3 heterocycles. The number of nitrogens with one attached hydrogen (secondary N) is 3. The Kier molecular flexibility index (Phi) is 48.9. The number of rotatable bonds is 59. The molecule has 3 rings (SSSR count). The first-order valence-electron chi connectivity index (χ1n) is 33.6. The maximum Gasteiger partial charge on any atom is 0.386 e. The predicted molar refractivity (Wildman–Crippen MR) is 375 cm³/mol. The van der Waals surface area contributed by atoms with Crippen LogP contribution in [-0.4, -0.2) is 301 Å². The van der Waals surface area contributed by atoms with E-state index < -0.39 is 162 Å². The van der Waals surface area contributed by atoms with Gasteiger partial charge in [-0.15, -0.1) is 0 Å². The second kappa shape index (κ2) is 52.0. The summed E-state index contributed by atoms with van der Waals surface area (Å²) in [7, 11) is 1.24. The van der Waals surface area contributed by atoms with Crippen LogP contribution in [0.3, 0.4) is 0 Å². The minimum Gasteiger partial charge on any atom is -0.394 e. The minimum absolute atomic E-state index is 0.0134. The maximum atomic E-state index is 13.1. The van der Waals surface area contributed by atoms with Crippen LogP contribution in [0.2, 0.25) is 0 Å². The lowest BCUT2D eigenvalue weighted by atomic mass is 9.92. The molecule has 0 aliphatic carbocycles. The largest absolute Gasteiger partial charge is 0.394 e. The van der Waals surface area contributed by atoms with Crippen molar-refractivity contribution in [2.75, 3.05) is 146 Å². The number of carbonyl (C=O) groups is 3. The fraction of sp³-hybridized carbons (Fsp3) is 0.947. The molecule has 12 N–H and O–H groups in total. The molecule has 0 saturated carbocycles. The van der Waals surface area contributed by atoms with Gasteiger partial charge < -0.3 is 145 Å². The highest BCUT2D eigenvalue weighted by atomic mass is 32.7. The number of aliphatic hydroxyl groups excluding tert-OH is 9. The second-order valence-electron chi connectivity index (χ2n) is 24.1. The van der Waals surface area contributed by atoms with Crippen LogP contribution < -0.4 is 16.0 Å². The average molecular weight is 1630 g/mol. The fourth-order valence-electron chi connectivity index (χ4n) is 10.0. The summed E-state index contributed by atoms with van der Waals surface area (Å²) < 4.78 is 153. The zero-order chi connectivity index (χ0) is 75.8. The molecule has 3 saturated heterocycles. The fourth-order valence-corrected chi connectivity index (χ4v) is 14.6. The molecule has 602 valence electrons. The molecular weight excluding hydrogens is 1520 g/mol. The number of amides is 3. The molecule has 19 atom stereocenters. The molecule has 0 bridgehead atoms. The lowest BCUT2D eigenvalue weighted by Gasteiger charge is -2.42. The van der Waals surface area contributed by atoms with Crippen LogP contribution >= 0.6 is 76.2 Å². The van der Waals surface area contributed by atoms with Gasteiger partial charge in [0.2, 0.25) is 17.7 Å². The summed E-state index contributed by atoms with van der Waals surface area (Å²) >= 11 is 16.2. The Morgan fingerprint density at radius 2 is 0.578 bits per heavy atom. The summed E-state index contributed by atoms with van der Waals surface area (Å²) in [5.74, 6) is -1.52. The smallest absolute Gasteiger partial charge is 0.386 e. The van der Waals surface area contributed by atoms with Gasteiger partial charge in [-0.1, -0.05) is 61.8 Å². The van der Waals surface area contributed by atoms with E-state index in [1.807, 2.05) is 0 Å². The molecular formula is C57H111N3O34P4S4. The van der Waals surface area contributed by atoms with E-state index in [9.17, 15) is 78.6 Å². The van der Waals surface area contributed by atoms with E-state index in [1.165, 1.54) is 27.9 Å². The molecule has 19 unspecified atom stereocenters. The quantitative estimate of drug-likeness (QED) is 0.0235. The molecule has 0 aromatic rings. The summed E-state index contributed by atoms with van der Waals surface area (Å²) in [5.41, 5.74) is -1.01. The predicted octanol–water partition coefficient (Wildman–Crippen LogP) is 1.91. The third-order valence-electron chi connectivity index (χ3n) is 15.3. The van der Waals surface area contributed by atoms with E-state index in [0.29, 0.717) is 64.4 Å². The molecule has 0 aromatic carbocycles. The monoisotopic (exact) mass is 1630 g/mol. The van der Waals surface area contributed by atoms with Crippen molar-refractivity contribution in [1.29, 1.82) is 0 Å². The first kappa shape index (κ1) is 95.9. The maximum absolute atomic E-state index is 13.1. The number of thiol groups is 4. The van der Waals surface area contributed by atoms with Gasteiger partial charge in [-0.3, -0.25) is 14.4 Å². The topological polar surface area (TPSA) is 504 Å². The van der Waals surface area contributed by atoms with Crippen LogP contribution in [0.5, 0.6) is 0 Å². The normalized spacial score (nSPS) is 28.5. The van der Waals surface area contributed by atoms with Gasteiger partial charge in [0.15, 0.2) is 18.9 Å². The second-order valence-corrected chi connectivity index (χ2v) is 35.9. The van der Waals surface area contributed by atoms with Gasteiger partial charge in [0.25, 0.3) is 0 Å². The number of ether oxygens (including phenoxy) is 10. The van der Waals surface area contributed by atoms with E-state index in [2.05, 4.69) is 64.9 Å². The van der Waals surface area contributed by atoms with E-state index >= 15 is 0 Å². The van der Waals surface area contributed by atoms with Crippen molar-refractivity contribution in [3.8, 4) is 0 Å². The average Bonchev–Trinajstić information content (AvgIpc) is 0.820. The van der Waals surface area contributed by atoms with Crippen LogP contribution in [-0.2, 0) is 116 Å². The third kappa shape index (κ3) is 39.0. The van der Waals surface area contributed by atoms with E-state index in [0.717, 1.165) is 6.42 Å². The van der Waals surface area contributed by atoms with Crippen LogP contribution in [0.1, 0.15) is 104 Å². The Morgan fingerprint density at radius 1 is 0.353 bits per heavy atom. The number of hydrogen-bond donors (Lipinski definition) is 16. The molecule has 102 heavy (non-hydrogen) atoms. The summed E-state index contributed by atoms with van der Waals surface area (Å²) in [4.78, 5) is 35.3. The lowest BCUT2D eigenvalue weighted by molar-refractivity contribution is -0.270. The number of aliphatic hydroxyl groups is 9. The molecule has 3 aliphatic heterocycles. The number of carbonyl (C=O) groups excluding carboxylic acids is 3. The van der Waals surface area contributed by atoms with E-state index in [4.69, 9.17) is 83.6 Å². The van der Waals surface area contributed by atoms with Crippen LogP contribution in [0, 0.1) is 5.41 Å². The number of unbranched alkanes of at least 4 members (excludes halogenated alkanes) is 6. The molecule has 3 amide bonds. The first-order valence-corrected chi connectivity index (χ1v) is 44.4. The zero-order valence-corrected chi connectivity index (χ0v) is 65.2. The molecule has 0 spiro atoms. The van der Waals surface area contributed by atoms with E-state index in [-0.39, 0.29) is 132 Å². The van der Waals surface area contributed by atoms with Crippen LogP contribution in [0.25, 0.3) is 0 Å². The Hall–Kier alpha value is -0.350. The summed E-state index contributed by atoms with van der Waals surface area (Å²) in [5, 5.41) is 98.6. The molecule has 3 fully saturated rings. The van der Waals surface area contributed by atoms with Gasteiger partial charge in [-0.2, -0.15) is 0 Å². The highest BCUT2D eigenvalue weighted by molar-refractivity contribution is 8.45. The molecule has 37 nitrogen and oxygen atoms in total. The van der Waals surface area contributed by atoms with Crippen molar-refractivity contribution in [2.45, 2.75) is 196 Å². The van der Waals surface area contributed by atoms with Gasteiger partial charge in [-0.05, 0) is 70.6 Å². The minimum atomic E-state index is -3.87. The van der Waals surface area contributed by atoms with Gasteiger partial charge in [0, 0.05) is 74.1 Å². The van der Waals surface area contributed by atoms with Crippen LogP contribution in [0.15, 0.2) is 0 Å². The zero-order valence-electron chi connectivity index (χ0n) is 58.0. The standard InChI is InChI=1S/C57H111N3O34P4S4/c1-39(64)58-45-51(70)48(67)42(32-61)92-54(45)82-22-9-12-26-86-96(74,100)89-29-15-19-79-36-57(35-78-18-7-5-6-8-25-85-95(73,99)77-4,37-80-20-16-30-90-97(75,101)87-27-13-10-23-83-55-46(59-40(2)65)52(71)49(68)43(33-62)93-55)38-81-21-17-31-91-98(76,102)88-28-14-11-24-84-56-47(60-41(3)66)53(72)50(69)44(34-63)94-56/h42-56,61-63,67-72H,5-38H2,1-4H3,(H,58,64)(H,59,65)(H,60,66)(H,73,99)(H,74,100)(H,75,101)(H,76,102). The van der Waals surface area contributed by atoms with Gasteiger partial charge in [0.05, 0.1) is 97.9 Å². The Morgan fingerprint density at radius 3 is 0.833 bits per heavy atom. The van der Waals surface area contributed by atoms with Crippen molar-refractivity contribution in [3.05, 3.63) is 0 Å². The molecule has 0 radical (unpaired) electrons. The molecule has 0 aromatic heterocycles. The summed E-state index contributed by atoms with van der Waals surface area (Å²) in [6, 6.07) is -3.36. The van der Waals surface area contributed by atoms with Crippen molar-refractivity contribution in [1.82, 2.24) is 16.0 Å². The Balaban J connectivity index is 1.60. The number of hydrogen-bond acceptors (Lipinski definition) is 34. The SMILES string of the molecule is COP(=O)(S)OCCCCCCOCC(COCCCOP(=O)(S)OCCCCOC1OC(CO)C(O)C(O)C1NC(C)=O)(COCCCOP(=O)(S)OCCCCOC1OC(CO)C(O)C(O)C1NC(C)=O)COCCCOP(=O)(S)OCCCCOC1OC(CO)C(O)C(O)C1NC(C)=O. The molecule has 3 aliphatic rings. The highest BCUT2D eigenvalue weighted by Gasteiger charge is 2.48. The highest BCUT2D eigenvalue weighted by Crippen LogP contribution is 2.55. The van der Waals surface area contributed by atoms with Gasteiger partial charge >= 0.3 is 27.2 Å². The Labute approximate surface area is 616 Å². The molecule has 45 heteroatoms. The third-order valence-corrected chi connectivity index (χ3v) is 22.3. The lowest BCUT2D eigenvalue weighted by Crippen LogP contribution is -2.64. The summed E-state index contributed by atoms with van der Waals surface area (Å²) in [6.07, 6.45) is -10.7.